The van der Waals surface area contributed by atoms with Crippen molar-refractivity contribution in [2.45, 2.75) is 23.4 Å². The first-order valence-corrected chi connectivity index (χ1v) is 10.7. The topological polar surface area (TPSA) is 76.3 Å². The Bertz CT molecular complexity index is 1080. The Morgan fingerprint density at radius 2 is 2.04 bits per heavy atom. The summed E-state index contributed by atoms with van der Waals surface area (Å²) in [5.41, 5.74) is -0.211. The van der Waals surface area contributed by atoms with E-state index in [4.69, 9.17) is 4.42 Å². The zero-order chi connectivity index (χ0) is 19.9. The van der Waals surface area contributed by atoms with Crippen molar-refractivity contribution in [1.82, 2.24) is 14.5 Å². The van der Waals surface area contributed by atoms with Crippen LogP contribution in [0.1, 0.15) is 23.8 Å². The van der Waals surface area contributed by atoms with E-state index in [9.17, 15) is 21.6 Å². The number of aromatic nitrogens is 2. The highest BCUT2D eigenvalue weighted by Gasteiger charge is 2.37. The molecule has 4 rings (SSSR count). The molecular formula is C17H14F3N3O3S2. The van der Waals surface area contributed by atoms with Crippen LogP contribution in [-0.4, -0.2) is 36.0 Å². The average molecular weight is 429 g/mol. The maximum absolute atomic E-state index is 12.9. The molecule has 0 aliphatic carbocycles. The predicted molar refractivity (Wildman–Crippen MR) is 95.2 cm³/mol. The van der Waals surface area contributed by atoms with Crippen LogP contribution in [0.25, 0.3) is 11.5 Å². The third kappa shape index (κ3) is 3.56. The van der Waals surface area contributed by atoms with Gasteiger partial charge in [0.1, 0.15) is 0 Å². The average Bonchev–Trinajstić information content (AvgIpc) is 3.40. The van der Waals surface area contributed by atoms with Crippen molar-refractivity contribution < 1.29 is 26.0 Å². The minimum atomic E-state index is -4.61. The van der Waals surface area contributed by atoms with Crippen molar-refractivity contribution in [3.05, 3.63) is 52.5 Å². The molecule has 2 aromatic heterocycles. The molecule has 3 aromatic rings. The summed E-state index contributed by atoms with van der Waals surface area (Å²) in [5, 5.41) is 11.7. The van der Waals surface area contributed by atoms with Gasteiger partial charge < -0.3 is 4.42 Å². The van der Waals surface area contributed by atoms with E-state index < -0.39 is 21.8 Å². The molecular weight excluding hydrogens is 415 g/mol. The van der Waals surface area contributed by atoms with Crippen LogP contribution in [-0.2, 0) is 16.2 Å². The highest BCUT2D eigenvalue weighted by molar-refractivity contribution is 7.89. The van der Waals surface area contributed by atoms with Gasteiger partial charge in [0, 0.05) is 24.0 Å². The number of benzene rings is 1. The zero-order valence-corrected chi connectivity index (χ0v) is 15.9. The molecule has 1 atom stereocenters. The van der Waals surface area contributed by atoms with E-state index in [1.54, 1.807) is 0 Å². The first-order chi connectivity index (χ1) is 13.2. The molecule has 0 N–H and O–H groups in total. The quantitative estimate of drug-likeness (QED) is 0.627. The van der Waals surface area contributed by atoms with E-state index in [2.05, 4.69) is 10.2 Å². The van der Waals surface area contributed by atoms with Gasteiger partial charge in [-0.15, -0.1) is 10.2 Å². The van der Waals surface area contributed by atoms with E-state index in [1.165, 1.54) is 17.4 Å². The number of hydrogen-bond acceptors (Lipinski definition) is 6. The molecule has 0 saturated carbocycles. The molecule has 1 aliphatic heterocycles. The number of hydrogen-bond donors (Lipinski definition) is 0. The third-order valence-corrected chi connectivity index (χ3v) is 7.05. The standard InChI is InChI=1S/C17H14F3N3O3S2/c18-17(19,20)13-2-1-3-14(8-13)28(24,25)23-6-4-11(9-23)15-21-22-16(26-15)12-5-7-27-10-12/h1-3,5,7-8,10-11H,4,6,9H2/t11-/m0/s1. The summed E-state index contributed by atoms with van der Waals surface area (Å²) in [6, 6.07) is 5.59. The molecule has 148 valence electrons. The van der Waals surface area contributed by atoms with Crippen LogP contribution < -0.4 is 0 Å². The van der Waals surface area contributed by atoms with E-state index in [1.807, 2.05) is 16.8 Å². The summed E-state index contributed by atoms with van der Waals surface area (Å²) in [6.07, 6.45) is -4.16. The predicted octanol–water partition coefficient (Wildman–Crippen LogP) is 4.00. The normalized spacial score (nSPS) is 18.6. The number of nitrogens with zero attached hydrogens (tertiary/aromatic N) is 3. The summed E-state index contributed by atoms with van der Waals surface area (Å²) >= 11 is 1.48. The second kappa shape index (κ2) is 6.98. The van der Waals surface area contributed by atoms with Crippen LogP contribution in [0.4, 0.5) is 13.2 Å². The van der Waals surface area contributed by atoms with Crippen molar-refractivity contribution in [3.63, 3.8) is 0 Å². The molecule has 1 saturated heterocycles. The van der Waals surface area contributed by atoms with Crippen molar-refractivity contribution in [2.75, 3.05) is 13.1 Å². The molecule has 11 heteroatoms. The van der Waals surface area contributed by atoms with Gasteiger partial charge in [-0.2, -0.15) is 28.8 Å². The van der Waals surface area contributed by atoms with Gasteiger partial charge >= 0.3 is 6.18 Å². The van der Waals surface area contributed by atoms with E-state index in [-0.39, 0.29) is 23.9 Å². The van der Waals surface area contributed by atoms with Gasteiger partial charge in [0.05, 0.1) is 16.4 Å². The molecule has 0 radical (unpaired) electrons. The highest BCUT2D eigenvalue weighted by atomic mass is 32.2. The van der Waals surface area contributed by atoms with Crippen LogP contribution in [0.5, 0.6) is 0 Å². The van der Waals surface area contributed by atoms with E-state index in [0.717, 1.165) is 22.0 Å². The van der Waals surface area contributed by atoms with Crippen LogP contribution in [0.2, 0.25) is 0 Å². The lowest BCUT2D eigenvalue weighted by Gasteiger charge is -2.17. The zero-order valence-electron chi connectivity index (χ0n) is 14.3. The molecule has 1 aromatic carbocycles. The van der Waals surface area contributed by atoms with Crippen molar-refractivity contribution in [3.8, 4) is 11.5 Å². The molecule has 28 heavy (non-hydrogen) atoms. The first-order valence-electron chi connectivity index (χ1n) is 8.28. The summed E-state index contributed by atoms with van der Waals surface area (Å²) in [5.74, 6) is 0.374. The fraction of sp³-hybridized carbons (Fsp3) is 0.294. The molecule has 3 heterocycles. The van der Waals surface area contributed by atoms with Crippen LogP contribution >= 0.6 is 11.3 Å². The lowest BCUT2D eigenvalue weighted by Crippen LogP contribution is -2.29. The molecule has 0 bridgehead atoms. The Morgan fingerprint density at radius 3 is 2.75 bits per heavy atom. The number of halogens is 3. The largest absolute Gasteiger partial charge is 0.420 e. The maximum Gasteiger partial charge on any atom is 0.416 e. The summed E-state index contributed by atoms with van der Waals surface area (Å²) in [7, 11) is -4.05. The van der Waals surface area contributed by atoms with Gasteiger partial charge in [-0.25, -0.2) is 8.42 Å². The van der Waals surface area contributed by atoms with Gasteiger partial charge in [-0.05, 0) is 36.1 Å². The summed E-state index contributed by atoms with van der Waals surface area (Å²) in [4.78, 5) is -0.382. The molecule has 1 aliphatic rings. The fourth-order valence-electron chi connectivity index (χ4n) is 3.03. The SMILES string of the molecule is O=S(=O)(c1cccc(C(F)(F)F)c1)N1CC[C@H](c2nnc(-c3ccsc3)o2)C1. The number of sulfonamides is 1. The van der Waals surface area contributed by atoms with Crippen LogP contribution in [0.15, 0.2) is 50.4 Å². The lowest BCUT2D eigenvalue weighted by atomic mass is 10.1. The smallest absolute Gasteiger partial charge is 0.416 e. The molecule has 1 fully saturated rings. The van der Waals surface area contributed by atoms with Crippen molar-refractivity contribution in [2.24, 2.45) is 0 Å². The van der Waals surface area contributed by atoms with Crippen LogP contribution in [0.3, 0.4) is 0 Å². The second-order valence-electron chi connectivity index (χ2n) is 6.33. The van der Waals surface area contributed by atoms with Crippen LogP contribution in [0, 0.1) is 0 Å². The number of alkyl halides is 3. The van der Waals surface area contributed by atoms with Gasteiger partial charge in [0.15, 0.2) is 0 Å². The van der Waals surface area contributed by atoms with E-state index >= 15 is 0 Å². The highest BCUT2D eigenvalue weighted by Crippen LogP contribution is 2.34. The maximum atomic E-state index is 12.9. The van der Waals surface area contributed by atoms with Gasteiger partial charge in [-0.3, -0.25) is 0 Å². The van der Waals surface area contributed by atoms with Gasteiger partial charge in [-0.1, -0.05) is 6.07 Å². The Labute approximate surface area is 162 Å². The van der Waals surface area contributed by atoms with Gasteiger partial charge in [0.2, 0.25) is 21.8 Å². The van der Waals surface area contributed by atoms with Crippen molar-refractivity contribution in [1.29, 1.82) is 0 Å². The Kier molecular flexibility index (Phi) is 4.76. The molecule has 0 spiro atoms. The monoisotopic (exact) mass is 429 g/mol. The minimum Gasteiger partial charge on any atom is -0.420 e. The third-order valence-electron chi connectivity index (χ3n) is 4.51. The van der Waals surface area contributed by atoms with Crippen molar-refractivity contribution >= 4 is 21.4 Å². The number of thiophene rings is 1. The van der Waals surface area contributed by atoms with E-state index in [0.29, 0.717) is 24.3 Å². The molecule has 0 amide bonds. The van der Waals surface area contributed by atoms with Gasteiger partial charge in [0.25, 0.3) is 0 Å². The second-order valence-corrected chi connectivity index (χ2v) is 9.05. The Morgan fingerprint density at radius 1 is 1.21 bits per heavy atom. The minimum absolute atomic E-state index is 0.0733. The molecule has 6 nitrogen and oxygen atoms in total. The Hall–Kier alpha value is -2.24. The number of rotatable bonds is 4. The molecule has 0 unspecified atom stereocenters. The summed E-state index contributed by atoms with van der Waals surface area (Å²) in [6.45, 7) is 0.239. The lowest BCUT2D eigenvalue weighted by molar-refractivity contribution is -0.137. The fourth-order valence-corrected chi connectivity index (χ4v) is 5.21. The summed E-state index contributed by atoms with van der Waals surface area (Å²) < 4.78 is 71.1. The first kappa shape index (κ1) is 19.1. The Balaban J connectivity index is 1.54.